The Kier molecular flexibility index (Phi) is 7.13. The highest BCUT2D eigenvalue weighted by molar-refractivity contribution is 7.98. The van der Waals surface area contributed by atoms with Gasteiger partial charge in [0.1, 0.15) is 11.5 Å². The lowest BCUT2D eigenvalue weighted by Crippen LogP contribution is -2.39. The molecular formula is C17H25N3O2S. The van der Waals surface area contributed by atoms with Gasteiger partial charge in [0.15, 0.2) is 5.96 Å². The van der Waals surface area contributed by atoms with Gasteiger partial charge in [-0.15, -0.1) is 0 Å². The lowest BCUT2D eigenvalue weighted by molar-refractivity contribution is 0.458. The highest BCUT2D eigenvalue weighted by Gasteiger charge is 2.10. The van der Waals surface area contributed by atoms with Gasteiger partial charge in [0.05, 0.1) is 19.1 Å². The van der Waals surface area contributed by atoms with Gasteiger partial charge >= 0.3 is 0 Å². The van der Waals surface area contributed by atoms with E-state index in [1.807, 2.05) is 32.2 Å². The van der Waals surface area contributed by atoms with Gasteiger partial charge in [-0.3, -0.25) is 4.99 Å². The third kappa shape index (κ3) is 5.71. The lowest BCUT2D eigenvalue weighted by Gasteiger charge is -2.22. The van der Waals surface area contributed by atoms with Gasteiger partial charge in [-0.05, 0) is 31.4 Å². The van der Waals surface area contributed by atoms with Crippen LogP contribution in [-0.2, 0) is 13.0 Å². The van der Waals surface area contributed by atoms with E-state index in [1.54, 1.807) is 24.3 Å². The molecule has 0 fully saturated rings. The predicted molar refractivity (Wildman–Crippen MR) is 96.0 cm³/mol. The maximum Gasteiger partial charge on any atom is 0.194 e. The highest BCUT2D eigenvalue weighted by atomic mass is 32.2. The molecule has 2 heterocycles. The quantitative estimate of drug-likeness (QED) is 0.456. The Morgan fingerprint density at radius 2 is 2.17 bits per heavy atom. The van der Waals surface area contributed by atoms with E-state index in [0.29, 0.717) is 0 Å². The fourth-order valence-corrected chi connectivity index (χ4v) is 2.49. The first-order chi connectivity index (χ1) is 11.2. The Hall–Kier alpha value is -1.82. The van der Waals surface area contributed by atoms with Gasteiger partial charge < -0.3 is 19.1 Å². The molecule has 2 rings (SSSR count). The van der Waals surface area contributed by atoms with Crippen LogP contribution >= 0.6 is 11.8 Å². The van der Waals surface area contributed by atoms with Crippen molar-refractivity contribution in [2.45, 2.75) is 19.9 Å². The minimum absolute atomic E-state index is 0.772. The minimum atomic E-state index is 0.772. The molecule has 0 aromatic carbocycles. The van der Waals surface area contributed by atoms with Crippen LogP contribution in [0.2, 0.25) is 0 Å². The highest BCUT2D eigenvalue weighted by Crippen LogP contribution is 2.11. The van der Waals surface area contributed by atoms with E-state index in [-0.39, 0.29) is 0 Å². The first-order valence-corrected chi connectivity index (χ1v) is 9.14. The average Bonchev–Trinajstić information content (AvgIpc) is 3.18. The number of nitrogens with zero attached hydrogens (tertiary/aromatic N) is 2. The molecule has 0 saturated heterocycles. The predicted octanol–water partition coefficient (Wildman–Crippen LogP) is 3.16. The van der Waals surface area contributed by atoms with Crippen LogP contribution in [0.25, 0.3) is 0 Å². The largest absolute Gasteiger partial charge is 0.469 e. The summed E-state index contributed by atoms with van der Waals surface area (Å²) in [7, 11) is 2.05. The Morgan fingerprint density at radius 1 is 1.30 bits per heavy atom. The summed E-state index contributed by atoms with van der Waals surface area (Å²) in [6.07, 6.45) is 6.37. The SMILES string of the molecule is CSCCN=C(NCCc1ccco1)N(C)Cc1ccoc1C. The molecule has 0 amide bonds. The Morgan fingerprint density at radius 3 is 2.83 bits per heavy atom. The van der Waals surface area contributed by atoms with Crippen molar-refractivity contribution in [1.82, 2.24) is 10.2 Å². The van der Waals surface area contributed by atoms with E-state index in [4.69, 9.17) is 13.8 Å². The number of hydrogen-bond acceptors (Lipinski definition) is 4. The number of nitrogens with one attached hydrogen (secondary N) is 1. The molecule has 6 heteroatoms. The summed E-state index contributed by atoms with van der Waals surface area (Å²) >= 11 is 1.80. The van der Waals surface area contributed by atoms with Crippen LogP contribution < -0.4 is 5.32 Å². The number of rotatable bonds is 8. The van der Waals surface area contributed by atoms with Crippen molar-refractivity contribution >= 4 is 17.7 Å². The third-order valence-electron chi connectivity index (χ3n) is 3.53. The van der Waals surface area contributed by atoms with E-state index in [9.17, 15) is 0 Å². The second-order valence-corrected chi connectivity index (χ2v) is 6.30. The Bertz CT molecular complexity index is 593. The fourth-order valence-electron chi connectivity index (χ4n) is 2.21. The van der Waals surface area contributed by atoms with Crippen LogP contribution in [-0.4, -0.2) is 43.0 Å². The Balaban J connectivity index is 1.92. The second-order valence-electron chi connectivity index (χ2n) is 5.31. The average molecular weight is 335 g/mol. The molecule has 0 saturated carbocycles. The maximum absolute atomic E-state index is 5.37. The van der Waals surface area contributed by atoms with Crippen LogP contribution in [0.4, 0.5) is 0 Å². The maximum atomic E-state index is 5.37. The van der Waals surface area contributed by atoms with E-state index in [0.717, 1.165) is 49.3 Å². The zero-order valence-corrected chi connectivity index (χ0v) is 14.9. The lowest BCUT2D eigenvalue weighted by atomic mass is 10.2. The molecule has 126 valence electrons. The molecule has 2 aromatic rings. The molecule has 0 radical (unpaired) electrons. The molecule has 2 aromatic heterocycles. The minimum Gasteiger partial charge on any atom is -0.469 e. The van der Waals surface area contributed by atoms with Gasteiger partial charge in [-0.2, -0.15) is 11.8 Å². The van der Waals surface area contributed by atoms with Crippen molar-refractivity contribution in [3.05, 3.63) is 47.8 Å². The van der Waals surface area contributed by atoms with Gasteiger partial charge in [0.2, 0.25) is 0 Å². The van der Waals surface area contributed by atoms with Gasteiger partial charge in [0.25, 0.3) is 0 Å². The summed E-state index contributed by atoms with van der Waals surface area (Å²) in [5.74, 6) is 3.86. The van der Waals surface area contributed by atoms with Crippen molar-refractivity contribution in [3.8, 4) is 0 Å². The molecular weight excluding hydrogens is 310 g/mol. The summed E-state index contributed by atoms with van der Waals surface area (Å²) in [4.78, 5) is 6.82. The number of aliphatic imine (C=N–C) groups is 1. The molecule has 0 aliphatic heterocycles. The van der Waals surface area contributed by atoms with Gasteiger partial charge in [0, 0.05) is 37.9 Å². The van der Waals surface area contributed by atoms with Crippen LogP contribution in [0.5, 0.6) is 0 Å². The summed E-state index contributed by atoms with van der Waals surface area (Å²) in [5, 5.41) is 3.42. The normalized spacial score (nSPS) is 11.7. The van der Waals surface area contributed by atoms with Crippen LogP contribution in [0, 0.1) is 6.92 Å². The second kappa shape index (κ2) is 9.35. The van der Waals surface area contributed by atoms with Crippen molar-refractivity contribution in [2.75, 3.05) is 32.1 Å². The molecule has 1 N–H and O–H groups in total. The van der Waals surface area contributed by atoms with E-state index in [1.165, 1.54) is 5.56 Å². The first-order valence-electron chi connectivity index (χ1n) is 7.74. The zero-order chi connectivity index (χ0) is 16.5. The molecule has 0 unspecified atom stereocenters. The number of furan rings is 2. The summed E-state index contributed by atoms with van der Waals surface area (Å²) in [6.45, 7) is 4.35. The third-order valence-corrected chi connectivity index (χ3v) is 4.12. The number of guanidine groups is 1. The molecule has 23 heavy (non-hydrogen) atoms. The van der Waals surface area contributed by atoms with Crippen LogP contribution in [0.1, 0.15) is 17.1 Å². The molecule has 0 spiro atoms. The van der Waals surface area contributed by atoms with E-state index < -0.39 is 0 Å². The molecule has 0 aliphatic rings. The number of hydrogen-bond donors (Lipinski definition) is 1. The van der Waals surface area contributed by atoms with Crippen molar-refractivity contribution in [1.29, 1.82) is 0 Å². The molecule has 5 nitrogen and oxygen atoms in total. The smallest absolute Gasteiger partial charge is 0.194 e. The summed E-state index contributed by atoms with van der Waals surface area (Å²) in [6, 6.07) is 5.91. The molecule has 0 bridgehead atoms. The number of thioether (sulfide) groups is 1. The zero-order valence-electron chi connectivity index (χ0n) is 14.0. The summed E-state index contributed by atoms with van der Waals surface area (Å²) in [5.41, 5.74) is 1.18. The molecule has 0 aliphatic carbocycles. The number of aryl methyl sites for hydroxylation is 1. The standard InChI is InChI=1S/C17H25N3O2S/c1-14-15(7-11-21-14)13-20(2)17(19-9-12-23-3)18-8-6-16-5-4-10-22-16/h4-5,7,10-11H,6,8-9,12-13H2,1-3H3,(H,18,19). The molecule has 0 atom stereocenters. The van der Waals surface area contributed by atoms with Crippen molar-refractivity contribution in [2.24, 2.45) is 4.99 Å². The van der Waals surface area contributed by atoms with Crippen molar-refractivity contribution < 1.29 is 8.83 Å². The monoisotopic (exact) mass is 335 g/mol. The topological polar surface area (TPSA) is 53.9 Å². The van der Waals surface area contributed by atoms with Crippen molar-refractivity contribution in [3.63, 3.8) is 0 Å². The van der Waals surface area contributed by atoms with E-state index >= 15 is 0 Å². The first kappa shape index (κ1) is 17.5. The summed E-state index contributed by atoms with van der Waals surface area (Å²) < 4.78 is 10.7. The fraction of sp³-hybridized carbons (Fsp3) is 0.471. The van der Waals surface area contributed by atoms with Gasteiger partial charge in [-0.25, -0.2) is 0 Å². The Labute approximate surface area is 142 Å². The van der Waals surface area contributed by atoms with Gasteiger partial charge in [-0.1, -0.05) is 0 Å². The van der Waals surface area contributed by atoms with E-state index in [2.05, 4.69) is 16.5 Å². The van der Waals surface area contributed by atoms with Crippen LogP contribution in [0.3, 0.4) is 0 Å². The van der Waals surface area contributed by atoms with Crippen LogP contribution in [0.15, 0.2) is 44.6 Å².